The number of hydrogen-bond acceptors (Lipinski definition) is 2. The molecule has 0 radical (unpaired) electrons. The van der Waals surface area contributed by atoms with Crippen molar-refractivity contribution in [1.82, 2.24) is 9.88 Å². The summed E-state index contributed by atoms with van der Waals surface area (Å²) in [5, 5.41) is 0. The molecule has 1 aromatic heterocycles. The first-order valence-electron chi connectivity index (χ1n) is 6.01. The summed E-state index contributed by atoms with van der Waals surface area (Å²) in [6.45, 7) is 5.15. The van der Waals surface area contributed by atoms with E-state index in [-0.39, 0.29) is 5.91 Å². The van der Waals surface area contributed by atoms with Crippen molar-refractivity contribution in [2.24, 2.45) is 5.92 Å². The highest BCUT2D eigenvalue weighted by molar-refractivity contribution is 9.10. The predicted molar refractivity (Wildman–Crippen MR) is 70.8 cm³/mol. The molecule has 4 heteroatoms. The van der Waals surface area contributed by atoms with Crippen LogP contribution in [0.15, 0.2) is 22.8 Å². The van der Waals surface area contributed by atoms with Gasteiger partial charge in [0.15, 0.2) is 0 Å². The van der Waals surface area contributed by atoms with Crippen LogP contribution in [-0.4, -0.2) is 28.4 Å². The van der Waals surface area contributed by atoms with Crippen LogP contribution in [0.25, 0.3) is 0 Å². The molecule has 0 spiro atoms. The maximum atomic E-state index is 12.4. The van der Waals surface area contributed by atoms with Crippen molar-refractivity contribution in [3.05, 3.63) is 28.5 Å². The zero-order valence-electron chi connectivity index (χ0n) is 10.2. The van der Waals surface area contributed by atoms with Gasteiger partial charge >= 0.3 is 0 Å². The molecule has 0 aliphatic carbocycles. The van der Waals surface area contributed by atoms with Crippen LogP contribution in [0.2, 0.25) is 0 Å². The number of nitrogens with zero attached hydrogens (tertiary/aromatic N) is 2. The number of aromatic nitrogens is 1. The molecule has 2 atom stereocenters. The summed E-state index contributed by atoms with van der Waals surface area (Å²) in [4.78, 5) is 18.5. The summed E-state index contributed by atoms with van der Waals surface area (Å²) < 4.78 is 0.709. The Kier molecular flexibility index (Phi) is 3.82. The number of halogens is 1. The first kappa shape index (κ1) is 12.6. The van der Waals surface area contributed by atoms with Crippen molar-refractivity contribution >= 4 is 21.8 Å². The van der Waals surface area contributed by atoms with Crippen LogP contribution in [0.1, 0.15) is 37.2 Å². The average Bonchev–Trinajstić information content (AvgIpc) is 2.31. The second-order valence-corrected chi connectivity index (χ2v) is 5.65. The second-order valence-electron chi connectivity index (χ2n) is 4.83. The molecular formula is C13H17BrN2O. The third-order valence-corrected chi connectivity index (χ3v) is 3.75. The van der Waals surface area contributed by atoms with Gasteiger partial charge in [0.2, 0.25) is 0 Å². The molecule has 2 rings (SSSR count). The lowest BCUT2D eigenvalue weighted by Crippen LogP contribution is -2.45. The second kappa shape index (κ2) is 5.17. The Bertz CT molecular complexity index is 422. The van der Waals surface area contributed by atoms with Gasteiger partial charge < -0.3 is 4.90 Å². The van der Waals surface area contributed by atoms with E-state index in [1.807, 2.05) is 17.0 Å². The molecule has 0 N–H and O–H groups in total. The predicted octanol–water partition coefficient (Wildman–Crippen LogP) is 3.10. The van der Waals surface area contributed by atoms with Crippen LogP contribution in [-0.2, 0) is 0 Å². The first-order chi connectivity index (χ1) is 8.08. The molecule has 1 fully saturated rings. The number of piperidine rings is 1. The molecule has 0 saturated carbocycles. The lowest BCUT2D eigenvalue weighted by molar-refractivity contribution is 0.0568. The molecule has 2 heterocycles. The van der Waals surface area contributed by atoms with Crippen molar-refractivity contribution in [3.8, 4) is 0 Å². The van der Waals surface area contributed by atoms with Crippen LogP contribution >= 0.6 is 15.9 Å². The zero-order valence-corrected chi connectivity index (χ0v) is 11.8. The Morgan fingerprint density at radius 3 is 2.88 bits per heavy atom. The monoisotopic (exact) mass is 296 g/mol. The van der Waals surface area contributed by atoms with Gasteiger partial charge in [-0.25, -0.2) is 4.98 Å². The fourth-order valence-electron chi connectivity index (χ4n) is 2.25. The summed E-state index contributed by atoms with van der Waals surface area (Å²) in [7, 11) is 0. The standard InChI is InChI=1S/C13H17BrN2O/c1-9-6-7-10(2)16(8-9)13(17)11-4-3-5-12(14)15-11/h3-5,9-10H,6-8H2,1-2H3. The maximum Gasteiger partial charge on any atom is 0.272 e. The Hall–Kier alpha value is -0.900. The molecule has 1 amide bonds. The Labute approximate surface area is 110 Å². The average molecular weight is 297 g/mol. The molecule has 92 valence electrons. The number of hydrogen-bond donors (Lipinski definition) is 0. The van der Waals surface area contributed by atoms with E-state index >= 15 is 0 Å². The molecular weight excluding hydrogens is 280 g/mol. The number of rotatable bonds is 1. The van der Waals surface area contributed by atoms with Gasteiger partial charge in [-0.15, -0.1) is 0 Å². The molecule has 1 aliphatic heterocycles. The van der Waals surface area contributed by atoms with Crippen LogP contribution in [0.5, 0.6) is 0 Å². The highest BCUT2D eigenvalue weighted by atomic mass is 79.9. The lowest BCUT2D eigenvalue weighted by Gasteiger charge is -2.36. The fourth-order valence-corrected chi connectivity index (χ4v) is 2.59. The third kappa shape index (κ3) is 2.86. The molecule has 17 heavy (non-hydrogen) atoms. The largest absolute Gasteiger partial charge is 0.334 e. The summed E-state index contributed by atoms with van der Waals surface area (Å²) >= 11 is 3.30. The number of pyridine rings is 1. The minimum absolute atomic E-state index is 0.0466. The maximum absolute atomic E-state index is 12.4. The van der Waals surface area contributed by atoms with Gasteiger partial charge in [-0.1, -0.05) is 13.0 Å². The quantitative estimate of drug-likeness (QED) is 0.746. The first-order valence-corrected chi connectivity index (χ1v) is 6.80. The van der Waals surface area contributed by atoms with E-state index < -0.39 is 0 Å². The van der Waals surface area contributed by atoms with Crippen LogP contribution in [0, 0.1) is 5.92 Å². The SMILES string of the molecule is CC1CCC(C)N(C(=O)c2cccc(Br)n2)C1. The smallest absolute Gasteiger partial charge is 0.272 e. The molecule has 0 aromatic carbocycles. The molecule has 3 nitrogen and oxygen atoms in total. The molecule has 1 aromatic rings. The zero-order chi connectivity index (χ0) is 12.4. The van der Waals surface area contributed by atoms with Crippen molar-refractivity contribution in [2.75, 3.05) is 6.54 Å². The van der Waals surface area contributed by atoms with Gasteiger partial charge in [-0.3, -0.25) is 4.79 Å². The van der Waals surface area contributed by atoms with E-state index in [9.17, 15) is 4.79 Å². The van der Waals surface area contributed by atoms with Crippen LogP contribution in [0.4, 0.5) is 0 Å². The van der Waals surface area contributed by atoms with Gasteiger partial charge in [-0.2, -0.15) is 0 Å². The number of carbonyl (C=O) groups is 1. The highest BCUT2D eigenvalue weighted by Crippen LogP contribution is 2.23. The normalized spacial score (nSPS) is 24.8. The highest BCUT2D eigenvalue weighted by Gasteiger charge is 2.28. The molecule has 1 saturated heterocycles. The summed E-state index contributed by atoms with van der Waals surface area (Å²) in [6.07, 6.45) is 2.29. The van der Waals surface area contributed by atoms with Gasteiger partial charge in [0.05, 0.1) is 0 Å². The number of carbonyl (C=O) groups excluding carboxylic acids is 1. The van der Waals surface area contributed by atoms with Crippen LogP contribution < -0.4 is 0 Å². The van der Waals surface area contributed by atoms with E-state index in [1.165, 1.54) is 6.42 Å². The van der Waals surface area contributed by atoms with Crippen molar-refractivity contribution in [1.29, 1.82) is 0 Å². The van der Waals surface area contributed by atoms with Crippen LogP contribution in [0.3, 0.4) is 0 Å². The number of amides is 1. The van der Waals surface area contributed by atoms with E-state index in [4.69, 9.17) is 0 Å². The van der Waals surface area contributed by atoms with Gasteiger partial charge in [0.25, 0.3) is 5.91 Å². The topological polar surface area (TPSA) is 33.2 Å². The van der Waals surface area contributed by atoms with Crippen molar-refractivity contribution in [3.63, 3.8) is 0 Å². The van der Waals surface area contributed by atoms with E-state index in [0.29, 0.717) is 22.3 Å². The Balaban J connectivity index is 2.18. The Morgan fingerprint density at radius 2 is 2.18 bits per heavy atom. The summed E-state index contributed by atoms with van der Waals surface area (Å²) in [5.74, 6) is 0.632. The van der Waals surface area contributed by atoms with E-state index in [0.717, 1.165) is 13.0 Å². The summed E-state index contributed by atoms with van der Waals surface area (Å²) in [5.41, 5.74) is 0.528. The third-order valence-electron chi connectivity index (χ3n) is 3.31. The van der Waals surface area contributed by atoms with Crippen molar-refractivity contribution in [2.45, 2.75) is 32.7 Å². The van der Waals surface area contributed by atoms with E-state index in [1.54, 1.807) is 6.07 Å². The van der Waals surface area contributed by atoms with E-state index in [2.05, 4.69) is 34.8 Å². The summed E-state index contributed by atoms with van der Waals surface area (Å²) in [6, 6.07) is 5.78. The minimum atomic E-state index is 0.0466. The van der Waals surface area contributed by atoms with Gasteiger partial charge in [-0.05, 0) is 53.7 Å². The van der Waals surface area contributed by atoms with Crippen molar-refractivity contribution < 1.29 is 4.79 Å². The molecule has 1 aliphatic rings. The van der Waals surface area contributed by atoms with Gasteiger partial charge in [0, 0.05) is 12.6 Å². The minimum Gasteiger partial charge on any atom is -0.334 e. The number of likely N-dealkylation sites (tertiary alicyclic amines) is 1. The molecule has 2 unspecified atom stereocenters. The lowest BCUT2D eigenvalue weighted by atomic mass is 9.95. The Morgan fingerprint density at radius 1 is 1.41 bits per heavy atom. The molecule has 0 bridgehead atoms. The fraction of sp³-hybridized carbons (Fsp3) is 0.538. The van der Waals surface area contributed by atoms with Gasteiger partial charge in [0.1, 0.15) is 10.3 Å².